The van der Waals surface area contributed by atoms with E-state index >= 15 is 0 Å². The van der Waals surface area contributed by atoms with Crippen molar-refractivity contribution in [3.8, 4) is 0 Å². The normalized spacial score (nSPS) is 18.8. The van der Waals surface area contributed by atoms with Crippen LogP contribution in [0.2, 0.25) is 0 Å². The number of halogens is 1. The minimum atomic E-state index is 0. The fourth-order valence-electron chi connectivity index (χ4n) is 2.29. The van der Waals surface area contributed by atoms with Gasteiger partial charge in [-0.3, -0.25) is 0 Å². The van der Waals surface area contributed by atoms with Crippen molar-refractivity contribution >= 4 is 0 Å². The fourth-order valence-corrected chi connectivity index (χ4v) is 2.29. The lowest BCUT2D eigenvalue weighted by Crippen LogP contribution is -3.00. The van der Waals surface area contributed by atoms with E-state index < -0.39 is 0 Å². The van der Waals surface area contributed by atoms with E-state index in [4.69, 9.17) is 4.74 Å². The van der Waals surface area contributed by atoms with Crippen LogP contribution in [0.25, 0.3) is 0 Å². The van der Waals surface area contributed by atoms with Crippen LogP contribution in [0.15, 0.2) is 30.3 Å². The highest BCUT2D eigenvalue weighted by Crippen LogP contribution is 2.16. The third-order valence-corrected chi connectivity index (χ3v) is 3.45. The molecule has 16 heavy (non-hydrogen) atoms. The van der Waals surface area contributed by atoms with Crippen LogP contribution in [0.1, 0.15) is 12.5 Å². The molecule has 0 atom stereocenters. The highest BCUT2D eigenvalue weighted by molar-refractivity contribution is 5.13. The smallest absolute Gasteiger partial charge is 0.104 e. The molecule has 1 aromatic rings. The van der Waals surface area contributed by atoms with E-state index in [1.165, 1.54) is 16.6 Å². The van der Waals surface area contributed by atoms with Gasteiger partial charge in [0.2, 0.25) is 0 Å². The third-order valence-electron chi connectivity index (χ3n) is 3.45. The van der Waals surface area contributed by atoms with Gasteiger partial charge in [-0.05, 0) is 6.92 Å². The summed E-state index contributed by atoms with van der Waals surface area (Å²) in [6.07, 6.45) is 0. The Bertz CT molecular complexity index is 296. The molecule has 0 amide bonds. The molecule has 2 rings (SSSR count). The average molecular weight is 242 g/mol. The summed E-state index contributed by atoms with van der Waals surface area (Å²) in [4.78, 5) is 0. The standard InChI is InChI=1S/C13H20NO.ClH/c1-2-14(8-10-15-11-9-14)12-13-6-4-3-5-7-13;/h3-7H,2,8-12H2,1H3;1H/q+1;/p-1. The molecule has 0 N–H and O–H groups in total. The largest absolute Gasteiger partial charge is 1.00 e. The van der Waals surface area contributed by atoms with Crippen LogP contribution < -0.4 is 12.4 Å². The first-order chi connectivity index (χ1) is 7.35. The Labute approximate surface area is 104 Å². The highest BCUT2D eigenvalue weighted by Gasteiger charge is 2.28. The van der Waals surface area contributed by atoms with Gasteiger partial charge in [-0.1, -0.05) is 30.3 Å². The number of likely N-dealkylation sites (N-methyl/N-ethyl adjacent to an activating group) is 1. The topological polar surface area (TPSA) is 9.23 Å². The summed E-state index contributed by atoms with van der Waals surface area (Å²) < 4.78 is 6.63. The summed E-state index contributed by atoms with van der Waals surface area (Å²) in [5.41, 5.74) is 1.45. The average Bonchev–Trinajstić information content (AvgIpc) is 2.32. The second-order valence-corrected chi connectivity index (χ2v) is 4.36. The lowest BCUT2D eigenvalue weighted by molar-refractivity contribution is -0.946. The first-order valence-electron chi connectivity index (χ1n) is 5.81. The molecular formula is C13H20ClNO. The van der Waals surface area contributed by atoms with E-state index in [-0.39, 0.29) is 12.4 Å². The van der Waals surface area contributed by atoms with Crippen molar-refractivity contribution in [2.45, 2.75) is 13.5 Å². The van der Waals surface area contributed by atoms with Gasteiger partial charge in [-0.15, -0.1) is 0 Å². The van der Waals surface area contributed by atoms with E-state index in [2.05, 4.69) is 37.3 Å². The Hall–Kier alpha value is -0.570. The second kappa shape index (κ2) is 6.24. The minimum Gasteiger partial charge on any atom is -1.00 e. The summed E-state index contributed by atoms with van der Waals surface area (Å²) >= 11 is 0. The summed E-state index contributed by atoms with van der Waals surface area (Å²) in [5, 5.41) is 0. The predicted molar refractivity (Wildman–Crippen MR) is 61.5 cm³/mol. The molecule has 0 unspecified atom stereocenters. The monoisotopic (exact) mass is 241 g/mol. The molecule has 1 heterocycles. The van der Waals surface area contributed by atoms with Gasteiger partial charge >= 0.3 is 0 Å². The molecule has 0 aromatic heterocycles. The molecule has 1 aromatic carbocycles. The van der Waals surface area contributed by atoms with Gasteiger partial charge in [-0.25, -0.2) is 0 Å². The van der Waals surface area contributed by atoms with E-state index in [9.17, 15) is 0 Å². The number of nitrogens with zero attached hydrogens (tertiary/aromatic N) is 1. The zero-order valence-electron chi connectivity index (χ0n) is 9.86. The molecule has 1 fully saturated rings. The molecule has 1 aliphatic heterocycles. The maximum atomic E-state index is 5.45. The summed E-state index contributed by atoms with van der Waals surface area (Å²) in [6.45, 7) is 8.80. The molecule has 1 aliphatic rings. The number of rotatable bonds is 3. The summed E-state index contributed by atoms with van der Waals surface area (Å²) in [7, 11) is 0. The molecule has 0 radical (unpaired) electrons. The van der Waals surface area contributed by atoms with Crippen molar-refractivity contribution in [3.63, 3.8) is 0 Å². The Morgan fingerprint density at radius 2 is 1.75 bits per heavy atom. The van der Waals surface area contributed by atoms with Gasteiger partial charge in [0.05, 0.1) is 19.8 Å². The van der Waals surface area contributed by atoms with Gasteiger partial charge in [0, 0.05) is 5.56 Å². The van der Waals surface area contributed by atoms with Crippen molar-refractivity contribution < 1.29 is 21.6 Å². The first kappa shape index (κ1) is 13.5. The zero-order valence-corrected chi connectivity index (χ0v) is 10.6. The maximum Gasteiger partial charge on any atom is 0.104 e. The van der Waals surface area contributed by atoms with E-state index in [0.717, 1.165) is 32.8 Å². The van der Waals surface area contributed by atoms with E-state index in [0.29, 0.717) is 0 Å². The van der Waals surface area contributed by atoms with E-state index in [1.807, 2.05) is 0 Å². The Morgan fingerprint density at radius 3 is 2.31 bits per heavy atom. The summed E-state index contributed by atoms with van der Waals surface area (Å²) in [5.74, 6) is 0. The number of ether oxygens (including phenoxy) is 1. The Balaban J connectivity index is 0.00000128. The van der Waals surface area contributed by atoms with Crippen LogP contribution in [-0.2, 0) is 11.3 Å². The molecule has 3 heteroatoms. The quantitative estimate of drug-likeness (QED) is 0.621. The highest BCUT2D eigenvalue weighted by atomic mass is 35.5. The van der Waals surface area contributed by atoms with Gasteiger partial charge in [0.15, 0.2) is 0 Å². The third kappa shape index (κ3) is 3.21. The van der Waals surface area contributed by atoms with Crippen LogP contribution in [-0.4, -0.2) is 37.3 Å². The summed E-state index contributed by atoms with van der Waals surface area (Å²) in [6, 6.07) is 10.8. The van der Waals surface area contributed by atoms with Crippen molar-refractivity contribution in [1.29, 1.82) is 0 Å². The molecule has 90 valence electrons. The number of hydrogen-bond acceptors (Lipinski definition) is 1. The number of hydrogen-bond donors (Lipinski definition) is 0. The first-order valence-corrected chi connectivity index (χ1v) is 5.81. The van der Waals surface area contributed by atoms with E-state index in [1.54, 1.807) is 0 Å². The predicted octanol–water partition coefficient (Wildman–Crippen LogP) is -0.942. The Morgan fingerprint density at radius 1 is 1.12 bits per heavy atom. The maximum absolute atomic E-state index is 5.45. The van der Waals surface area contributed by atoms with Crippen molar-refractivity contribution in [2.75, 3.05) is 32.8 Å². The van der Waals surface area contributed by atoms with Crippen LogP contribution in [0.3, 0.4) is 0 Å². The Kier molecular flexibility index (Phi) is 5.26. The van der Waals surface area contributed by atoms with Crippen LogP contribution >= 0.6 is 0 Å². The molecule has 0 aliphatic carbocycles. The lowest BCUT2D eigenvalue weighted by Gasteiger charge is -2.40. The van der Waals surface area contributed by atoms with Crippen LogP contribution in [0.4, 0.5) is 0 Å². The van der Waals surface area contributed by atoms with Crippen molar-refractivity contribution in [3.05, 3.63) is 35.9 Å². The van der Waals surface area contributed by atoms with Crippen LogP contribution in [0, 0.1) is 0 Å². The number of morpholine rings is 1. The van der Waals surface area contributed by atoms with Gasteiger partial charge in [0.1, 0.15) is 19.6 Å². The molecular weight excluding hydrogens is 222 g/mol. The number of quaternary nitrogens is 1. The van der Waals surface area contributed by atoms with Gasteiger partial charge < -0.3 is 21.6 Å². The van der Waals surface area contributed by atoms with Crippen molar-refractivity contribution in [1.82, 2.24) is 0 Å². The lowest BCUT2D eigenvalue weighted by atomic mass is 10.1. The van der Waals surface area contributed by atoms with Gasteiger partial charge in [-0.2, -0.15) is 0 Å². The molecule has 2 nitrogen and oxygen atoms in total. The molecule has 0 bridgehead atoms. The van der Waals surface area contributed by atoms with Crippen molar-refractivity contribution in [2.24, 2.45) is 0 Å². The zero-order chi connectivity index (χ0) is 10.6. The molecule has 0 saturated carbocycles. The minimum absolute atomic E-state index is 0. The SMILES string of the molecule is CC[N+]1(Cc2ccccc2)CCOCC1.[Cl-]. The van der Waals surface area contributed by atoms with Gasteiger partial charge in [0.25, 0.3) is 0 Å². The molecule has 0 spiro atoms. The fraction of sp³-hybridized carbons (Fsp3) is 0.538. The number of benzene rings is 1. The molecule has 1 saturated heterocycles. The van der Waals surface area contributed by atoms with Crippen LogP contribution in [0.5, 0.6) is 0 Å². The second-order valence-electron chi connectivity index (χ2n) is 4.36.